The van der Waals surface area contributed by atoms with E-state index in [1.54, 1.807) is 7.11 Å². The highest BCUT2D eigenvalue weighted by molar-refractivity contribution is 6.00. The van der Waals surface area contributed by atoms with Gasteiger partial charge in [0.05, 0.1) is 30.1 Å². The van der Waals surface area contributed by atoms with Crippen molar-refractivity contribution >= 4 is 33.9 Å². The predicted octanol–water partition coefficient (Wildman–Crippen LogP) is 4.94. The molecule has 4 aromatic rings. The topological polar surface area (TPSA) is 120 Å². The third kappa shape index (κ3) is 5.37. The van der Waals surface area contributed by atoms with Gasteiger partial charge in [0.15, 0.2) is 5.82 Å². The zero-order valence-corrected chi connectivity index (χ0v) is 25.9. The van der Waals surface area contributed by atoms with Crippen molar-refractivity contribution in [3.8, 4) is 17.3 Å². The van der Waals surface area contributed by atoms with Crippen LogP contribution in [0.3, 0.4) is 0 Å². The number of nitrogens with zero attached hydrogens (tertiary/aromatic N) is 5. The molecule has 10 heteroatoms. The second-order valence-electron chi connectivity index (χ2n) is 12.9. The smallest absolute Gasteiger partial charge is 0.254 e. The molecule has 5 heterocycles. The summed E-state index contributed by atoms with van der Waals surface area (Å²) in [5, 5.41) is 4.21. The molecule has 6 rings (SSSR count). The van der Waals surface area contributed by atoms with Crippen LogP contribution in [0.25, 0.3) is 33.6 Å². The number of piperidine rings is 1. The molecule has 1 fully saturated rings. The molecule has 10 nitrogen and oxygen atoms in total. The van der Waals surface area contributed by atoms with Gasteiger partial charge in [0.25, 0.3) is 5.91 Å². The number of rotatable bonds is 3. The zero-order valence-electron chi connectivity index (χ0n) is 25.9. The van der Waals surface area contributed by atoms with Crippen LogP contribution in [0.4, 0.5) is 0 Å². The summed E-state index contributed by atoms with van der Waals surface area (Å²) >= 11 is 0. The number of ether oxygens (including phenoxy) is 1. The van der Waals surface area contributed by atoms with E-state index in [-0.39, 0.29) is 23.9 Å². The lowest BCUT2D eigenvalue weighted by Crippen LogP contribution is -2.45. The lowest BCUT2D eigenvalue weighted by Gasteiger charge is -2.30. The van der Waals surface area contributed by atoms with Crippen molar-refractivity contribution in [3.05, 3.63) is 41.6 Å². The zero-order chi connectivity index (χ0) is 30.5. The highest BCUT2D eigenvalue weighted by Crippen LogP contribution is 2.35. The Labute approximate surface area is 252 Å². The Bertz CT molecular complexity index is 1700. The van der Waals surface area contributed by atoms with Crippen LogP contribution in [0.5, 0.6) is 5.75 Å². The summed E-state index contributed by atoms with van der Waals surface area (Å²) < 4.78 is 10.1. The molecule has 1 saturated heterocycles. The van der Waals surface area contributed by atoms with Gasteiger partial charge in [-0.05, 0) is 62.9 Å². The molecular weight excluding hydrogens is 542 g/mol. The molecule has 2 amide bonds. The van der Waals surface area contributed by atoms with Crippen LogP contribution in [-0.2, 0) is 18.4 Å². The number of nitrogens with one attached hydrogen (secondary N) is 1. The second kappa shape index (κ2) is 11.3. The molecule has 0 unspecified atom stereocenters. The Morgan fingerprint density at radius 1 is 1.09 bits per heavy atom. The molecule has 2 aliphatic heterocycles. The van der Waals surface area contributed by atoms with Crippen molar-refractivity contribution in [1.29, 1.82) is 0 Å². The standard InChI is InChI=1S/C33H43N7O3/c1-20-24-12-11-21-17-26(40(29(21)36-24)15-8-6-7-13-33(2,3)32(42)35-20)30-37-25-16-22(18-27(43-5)28(25)38(30)4)31(41)39-14-9-10-23(34)19-39/h11-12,16-18,20,23H,6-10,13-15,19,34H2,1-5H3,(H,35,42)/t20-,23-/m1/s1. The average Bonchev–Trinajstić information content (AvgIpc) is 3.52. The number of carbonyl (C=O) groups is 2. The number of pyridine rings is 1. The first-order chi connectivity index (χ1) is 20.6. The van der Waals surface area contributed by atoms with Crippen LogP contribution in [0, 0.1) is 5.41 Å². The number of fused-ring (bicyclic) bond motifs is 2. The van der Waals surface area contributed by atoms with Crippen molar-refractivity contribution < 1.29 is 14.3 Å². The Morgan fingerprint density at radius 2 is 1.91 bits per heavy atom. The minimum Gasteiger partial charge on any atom is -0.494 e. The summed E-state index contributed by atoms with van der Waals surface area (Å²) in [5.74, 6) is 1.41. The molecule has 43 heavy (non-hydrogen) atoms. The fourth-order valence-corrected chi connectivity index (χ4v) is 6.58. The summed E-state index contributed by atoms with van der Waals surface area (Å²) in [5.41, 5.74) is 10.5. The summed E-state index contributed by atoms with van der Waals surface area (Å²) in [4.78, 5) is 38.5. The van der Waals surface area contributed by atoms with Gasteiger partial charge in [-0.1, -0.05) is 26.7 Å². The minimum atomic E-state index is -0.431. The van der Waals surface area contributed by atoms with E-state index in [2.05, 4.69) is 22.0 Å². The third-order valence-corrected chi connectivity index (χ3v) is 9.23. The van der Waals surface area contributed by atoms with Crippen LogP contribution in [-0.4, -0.2) is 62.1 Å². The number of aromatic nitrogens is 4. The van der Waals surface area contributed by atoms with Gasteiger partial charge in [-0.25, -0.2) is 9.97 Å². The van der Waals surface area contributed by atoms with Crippen LogP contribution in [0.2, 0.25) is 0 Å². The molecule has 0 aliphatic carbocycles. The van der Waals surface area contributed by atoms with Crippen molar-refractivity contribution in [2.75, 3.05) is 20.2 Å². The largest absolute Gasteiger partial charge is 0.494 e. The van der Waals surface area contributed by atoms with Crippen molar-refractivity contribution in [3.63, 3.8) is 0 Å². The Morgan fingerprint density at radius 3 is 2.67 bits per heavy atom. The van der Waals surface area contributed by atoms with Crippen molar-refractivity contribution in [1.82, 2.24) is 29.3 Å². The van der Waals surface area contributed by atoms with Gasteiger partial charge in [-0.2, -0.15) is 0 Å². The average molecular weight is 586 g/mol. The maximum Gasteiger partial charge on any atom is 0.254 e. The SMILES string of the molecule is COc1cc(C(=O)N2CCC[C@@H](N)C2)cc2nc(-c3cc4ccc5nc4n3CCCCCC(C)(C)C(=O)N[C@@H]5C)n(C)c12. The first kappa shape index (κ1) is 29.2. The van der Waals surface area contributed by atoms with Gasteiger partial charge in [0.1, 0.15) is 16.9 Å². The number of imidazole rings is 1. The highest BCUT2D eigenvalue weighted by atomic mass is 16.5. The number of likely N-dealkylation sites (tertiary alicyclic amines) is 1. The molecule has 0 radical (unpaired) electrons. The van der Waals surface area contributed by atoms with Crippen LogP contribution >= 0.6 is 0 Å². The fraction of sp³-hybridized carbons (Fsp3) is 0.515. The Balaban J connectivity index is 1.44. The lowest BCUT2D eigenvalue weighted by molar-refractivity contribution is -0.130. The van der Waals surface area contributed by atoms with E-state index in [1.807, 2.05) is 55.5 Å². The third-order valence-electron chi connectivity index (χ3n) is 9.23. The van der Waals surface area contributed by atoms with Crippen LogP contribution in [0.15, 0.2) is 30.3 Å². The highest BCUT2D eigenvalue weighted by Gasteiger charge is 2.30. The maximum absolute atomic E-state index is 13.5. The van der Waals surface area contributed by atoms with E-state index >= 15 is 0 Å². The molecule has 1 aromatic carbocycles. The molecule has 228 valence electrons. The molecule has 0 saturated carbocycles. The molecule has 2 aliphatic rings. The predicted molar refractivity (Wildman–Crippen MR) is 168 cm³/mol. The normalized spacial score (nSPS) is 21.3. The number of nitrogens with two attached hydrogens (primary N) is 1. The molecule has 3 aromatic heterocycles. The summed E-state index contributed by atoms with van der Waals surface area (Å²) in [6.07, 6.45) is 5.61. The number of hydrogen-bond acceptors (Lipinski definition) is 6. The Hall–Kier alpha value is -3.92. The summed E-state index contributed by atoms with van der Waals surface area (Å²) in [6.45, 7) is 8.08. The molecule has 2 atom stereocenters. The Kier molecular flexibility index (Phi) is 7.66. The first-order valence-corrected chi connectivity index (χ1v) is 15.5. The second-order valence-corrected chi connectivity index (χ2v) is 12.9. The molecule has 3 N–H and O–H groups in total. The molecule has 2 bridgehead atoms. The maximum atomic E-state index is 13.5. The summed E-state index contributed by atoms with van der Waals surface area (Å²) in [6, 6.07) is 9.69. The van der Waals surface area contributed by atoms with Crippen LogP contribution < -0.4 is 15.8 Å². The van der Waals surface area contributed by atoms with Gasteiger partial charge in [0.2, 0.25) is 5.91 Å². The first-order valence-electron chi connectivity index (χ1n) is 15.5. The van der Waals surface area contributed by atoms with Gasteiger partial charge < -0.3 is 29.8 Å². The number of aryl methyl sites for hydroxylation is 2. The minimum absolute atomic E-state index is 0.00459. The molecule has 0 spiro atoms. The number of methoxy groups -OCH3 is 1. The fourth-order valence-electron chi connectivity index (χ4n) is 6.58. The van der Waals surface area contributed by atoms with E-state index < -0.39 is 5.41 Å². The van der Waals surface area contributed by atoms with E-state index in [1.165, 1.54) is 0 Å². The van der Waals surface area contributed by atoms with E-state index in [0.717, 1.165) is 78.8 Å². The van der Waals surface area contributed by atoms with E-state index in [0.29, 0.717) is 29.9 Å². The number of hydrogen-bond donors (Lipinski definition) is 2. The number of benzene rings is 1. The number of amides is 2. The quantitative estimate of drug-likeness (QED) is 0.352. The lowest BCUT2D eigenvalue weighted by atomic mass is 9.85. The van der Waals surface area contributed by atoms with Crippen LogP contribution in [0.1, 0.15) is 81.4 Å². The van der Waals surface area contributed by atoms with Crippen molar-refractivity contribution in [2.24, 2.45) is 18.2 Å². The van der Waals surface area contributed by atoms with Gasteiger partial charge >= 0.3 is 0 Å². The molecular formula is C33H43N7O3. The van der Waals surface area contributed by atoms with E-state index in [4.69, 9.17) is 20.4 Å². The van der Waals surface area contributed by atoms with Gasteiger partial charge in [0, 0.05) is 49.1 Å². The number of carbonyl (C=O) groups excluding carboxylic acids is 2. The monoisotopic (exact) mass is 585 g/mol. The van der Waals surface area contributed by atoms with Gasteiger partial charge in [-0.15, -0.1) is 0 Å². The van der Waals surface area contributed by atoms with Gasteiger partial charge in [-0.3, -0.25) is 9.59 Å². The summed E-state index contributed by atoms with van der Waals surface area (Å²) in [7, 11) is 3.62. The van der Waals surface area contributed by atoms with E-state index in [9.17, 15) is 9.59 Å². The van der Waals surface area contributed by atoms with Crippen molar-refractivity contribution in [2.45, 2.75) is 77.9 Å².